The van der Waals surface area contributed by atoms with Crippen molar-refractivity contribution in [1.82, 2.24) is 0 Å². The van der Waals surface area contributed by atoms with E-state index < -0.39 is 0 Å². The van der Waals surface area contributed by atoms with Crippen LogP contribution in [0.4, 0.5) is 0 Å². The van der Waals surface area contributed by atoms with E-state index >= 15 is 0 Å². The molecule has 0 bridgehead atoms. The molecule has 0 radical (unpaired) electrons. The van der Waals surface area contributed by atoms with E-state index in [9.17, 15) is 0 Å². The average molecular weight is 172 g/mol. The highest BCUT2D eigenvalue weighted by Crippen LogP contribution is 2.11. The van der Waals surface area contributed by atoms with Gasteiger partial charge in [0.15, 0.2) is 0 Å². The summed E-state index contributed by atoms with van der Waals surface area (Å²) in [5, 5.41) is 0. The second kappa shape index (κ2) is 8.27. The van der Waals surface area contributed by atoms with Crippen molar-refractivity contribution >= 4 is 8.58 Å². The van der Waals surface area contributed by atoms with E-state index in [4.69, 9.17) is 0 Å². The normalized spacial score (nSPS) is 12.7. The molecule has 0 rings (SSSR count). The zero-order valence-corrected chi connectivity index (χ0v) is 9.06. The first-order valence-corrected chi connectivity index (χ1v) is 6.04. The Morgan fingerprint density at radius 2 is 2.00 bits per heavy atom. The van der Waals surface area contributed by atoms with Crippen molar-refractivity contribution in [3.63, 3.8) is 0 Å². The van der Waals surface area contributed by atoms with Gasteiger partial charge >= 0.3 is 0 Å². The Balaban J connectivity index is 3.03. The van der Waals surface area contributed by atoms with Crippen molar-refractivity contribution in [2.45, 2.75) is 33.6 Å². The Morgan fingerprint density at radius 3 is 2.55 bits per heavy atom. The second-order valence-electron chi connectivity index (χ2n) is 3.31. The molecule has 66 valence electrons. The molecule has 0 aliphatic rings. The van der Waals surface area contributed by atoms with Crippen LogP contribution >= 0.6 is 8.58 Å². The fraction of sp³-hybridized carbons (Fsp3) is 0.800. The highest BCUT2D eigenvalue weighted by molar-refractivity contribution is 7.38. The molecule has 0 saturated carbocycles. The first-order valence-electron chi connectivity index (χ1n) is 4.63. The van der Waals surface area contributed by atoms with Crippen molar-refractivity contribution in [1.29, 1.82) is 0 Å². The van der Waals surface area contributed by atoms with Gasteiger partial charge in [-0.05, 0) is 24.7 Å². The Hall–Kier alpha value is 0.170. The van der Waals surface area contributed by atoms with Gasteiger partial charge in [-0.25, -0.2) is 0 Å². The molecule has 0 aliphatic heterocycles. The Labute approximate surface area is 73.2 Å². The van der Waals surface area contributed by atoms with Gasteiger partial charge in [-0.15, -0.1) is 8.58 Å². The van der Waals surface area contributed by atoms with Crippen molar-refractivity contribution < 1.29 is 0 Å². The molecule has 0 aromatic heterocycles. The lowest BCUT2D eigenvalue weighted by molar-refractivity contribution is 0.663. The van der Waals surface area contributed by atoms with Gasteiger partial charge in [0.05, 0.1) is 0 Å². The van der Waals surface area contributed by atoms with Crippen molar-refractivity contribution in [2.24, 2.45) is 5.92 Å². The zero-order chi connectivity index (χ0) is 8.53. The Kier molecular flexibility index (Phi) is 8.40. The number of allylic oxidation sites excluding steroid dienone is 2. The average Bonchev–Trinajstić information content (AvgIpc) is 1.96. The maximum absolute atomic E-state index is 2.34. The van der Waals surface area contributed by atoms with Gasteiger partial charge in [-0.1, -0.05) is 39.3 Å². The van der Waals surface area contributed by atoms with Crippen LogP contribution in [0.1, 0.15) is 33.6 Å². The number of hydrogen-bond donors (Lipinski definition) is 0. The first-order chi connectivity index (χ1) is 5.27. The van der Waals surface area contributed by atoms with Crippen LogP contribution in [0.3, 0.4) is 0 Å². The smallest absolute Gasteiger partial charge is 0.0172 e. The predicted molar refractivity (Wildman–Crippen MR) is 56.9 cm³/mol. The van der Waals surface area contributed by atoms with Gasteiger partial charge in [-0.2, -0.15) is 0 Å². The van der Waals surface area contributed by atoms with E-state index in [0.717, 1.165) is 14.5 Å². The molecule has 0 fully saturated rings. The summed E-state index contributed by atoms with van der Waals surface area (Å²) in [4.78, 5) is 0. The Morgan fingerprint density at radius 1 is 1.27 bits per heavy atom. The van der Waals surface area contributed by atoms with Crippen LogP contribution in [0, 0.1) is 5.92 Å². The van der Waals surface area contributed by atoms with E-state index in [1.807, 2.05) is 0 Å². The minimum atomic E-state index is 0.820. The van der Waals surface area contributed by atoms with Crippen molar-refractivity contribution in [3.05, 3.63) is 12.2 Å². The molecule has 0 heterocycles. The molecule has 0 saturated heterocycles. The third kappa shape index (κ3) is 10.2. The summed E-state index contributed by atoms with van der Waals surface area (Å²) in [5.41, 5.74) is 0. The van der Waals surface area contributed by atoms with Gasteiger partial charge in [-0.3, -0.25) is 0 Å². The molecule has 0 aromatic carbocycles. The van der Waals surface area contributed by atoms with Crippen molar-refractivity contribution in [3.8, 4) is 0 Å². The summed E-state index contributed by atoms with van der Waals surface area (Å²) in [5.74, 6) is 0.820. The quantitative estimate of drug-likeness (QED) is 0.326. The minimum absolute atomic E-state index is 0.820. The maximum Gasteiger partial charge on any atom is -0.0172 e. The SMILES string of the molecule is CCCPCC=CCC(C)C. The zero-order valence-electron chi connectivity index (χ0n) is 8.06. The van der Waals surface area contributed by atoms with E-state index in [1.54, 1.807) is 0 Å². The highest BCUT2D eigenvalue weighted by Gasteiger charge is 1.86. The molecule has 1 unspecified atom stereocenters. The number of hydrogen-bond acceptors (Lipinski definition) is 0. The molecule has 0 N–H and O–H groups in total. The first kappa shape index (κ1) is 11.2. The third-order valence-corrected chi connectivity index (χ3v) is 2.84. The predicted octanol–water partition coefficient (Wildman–Crippen LogP) is 3.68. The summed E-state index contributed by atoms with van der Waals surface area (Å²) < 4.78 is 0. The monoisotopic (exact) mass is 172 g/mol. The topological polar surface area (TPSA) is 0 Å². The summed E-state index contributed by atoms with van der Waals surface area (Å²) in [7, 11) is 1.15. The lowest BCUT2D eigenvalue weighted by Gasteiger charge is -1.96. The van der Waals surface area contributed by atoms with E-state index in [2.05, 4.69) is 32.9 Å². The molecule has 1 heteroatoms. The van der Waals surface area contributed by atoms with E-state index in [1.165, 1.54) is 25.2 Å². The lowest BCUT2D eigenvalue weighted by Crippen LogP contribution is -1.81. The number of rotatable bonds is 6. The molecule has 0 nitrogen and oxygen atoms in total. The maximum atomic E-state index is 2.34. The second-order valence-corrected chi connectivity index (χ2v) is 4.71. The summed E-state index contributed by atoms with van der Waals surface area (Å²) in [6.07, 6.45) is 9.97. The van der Waals surface area contributed by atoms with Crippen LogP contribution in [-0.4, -0.2) is 12.3 Å². The third-order valence-electron chi connectivity index (χ3n) is 1.46. The van der Waals surface area contributed by atoms with E-state index in [0.29, 0.717) is 0 Å². The van der Waals surface area contributed by atoms with Gasteiger partial charge in [0.1, 0.15) is 0 Å². The Bertz CT molecular complexity index is 95.0. The fourth-order valence-corrected chi connectivity index (χ4v) is 1.70. The molecule has 0 spiro atoms. The highest BCUT2D eigenvalue weighted by atomic mass is 31.1. The standard InChI is InChI=1S/C10H21P/c1-4-8-11-9-6-5-7-10(2)3/h5-6,10-11H,4,7-9H2,1-3H3. The minimum Gasteiger partial charge on any atom is -0.118 e. The molecular formula is C10H21P. The molecule has 0 aromatic rings. The van der Waals surface area contributed by atoms with Gasteiger partial charge in [0.2, 0.25) is 0 Å². The molecule has 11 heavy (non-hydrogen) atoms. The van der Waals surface area contributed by atoms with Crippen LogP contribution in [0.2, 0.25) is 0 Å². The van der Waals surface area contributed by atoms with Crippen LogP contribution in [0.15, 0.2) is 12.2 Å². The molecule has 0 amide bonds. The van der Waals surface area contributed by atoms with Crippen LogP contribution in [0.25, 0.3) is 0 Å². The van der Waals surface area contributed by atoms with Crippen molar-refractivity contribution in [2.75, 3.05) is 12.3 Å². The molecular weight excluding hydrogens is 151 g/mol. The largest absolute Gasteiger partial charge is 0.118 e. The van der Waals surface area contributed by atoms with Gasteiger partial charge in [0.25, 0.3) is 0 Å². The van der Waals surface area contributed by atoms with Crippen LogP contribution in [0.5, 0.6) is 0 Å². The lowest BCUT2D eigenvalue weighted by atomic mass is 10.1. The van der Waals surface area contributed by atoms with Gasteiger partial charge in [0, 0.05) is 0 Å². The summed E-state index contributed by atoms with van der Waals surface area (Å²) in [6.45, 7) is 6.78. The molecule has 1 atom stereocenters. The van der Waals surface area contributed by atoms with E-state index in [-0.39, 0.29) is 0 Å². The molecule has 0 aliphatic carbocycles. The van der Waals surface area contributed by atoms with Crippen LogP contribution < -0.4 is 0 Å². The fourth-order valence-electron chi connectivity index (χ4n) is 0.814. The summed E-state index contributed by atoms with van der Waals surface area (Å²) in [6, 6.07) is 0. The summed E-state index contributed by atoms with van der Waals surface area (Å²) >= 11 is 0. The van der Waals surface area contributed by atoms with Gasteiger partial charge < -0.3 is 0 Å². The van der Waals surface area contributed by atoms with Crippen LogP contribution in [-0.2, 0) is 0 Å².